The van der Waals surface area contributed by atoms with Crippen molar-refractivity contribution in [2.75, 3.05) is 6.54 Å². The van der Waals surface area contributed by atoms with E-state index in [9.17, 15) is 0 Å². The van der Waals surface area contributed by atoms with Crippen molar-refractivity contribution in [2.45, 2.75) is 73.1 Å². The van der Waals surface area contributed by atoms with Crippen LogP contribution < -0.4 is 5.73 Å². The fraction of sp³-hybridized carbons (Fsp3) is 1.00. The molecule has 0 atom stereocenters. The van der Waals surface area contributed by atoms with E-state index < -0.39 is 0 Å². The second-order valence-corrected chi connectivity index (χ2v) is 6.50. The molecular weight excluding hydrogens is 182 g/mol. The van der Waals surface area contributed by atoms with Crippen LogP contribution in [0.1, 0.15) is 73.1 Å². The highest BCUT2D eigenvalue weighted by Gasteiger charge is 2.27. The highest BCUT2D eigenvalue weighted by Crippen LogP contribution is 2.39. The Balaban J connectivity index is 3.99. The summed E-state index contributed by atoms with van der Waals surface area (Å²) in [5, 5.41) is 0. The molecule has 0 amide bonds. The topological polar surface area (TPSA) is 26.0 Å². The van der Waals surface area contributed by atoms with Crippen molar-refractivity contribution in [3.05, 3.63) is 0 Å². The van der Waals surface area contributed by atoms with Gasteiger partial charge in [0.25, 0.3) is 0 Å². The summed E-state index contributed by atoms with van der Waals surface area (Å²) >= 11 is 0. The van der Waals surface area contributed by atoms with Crippen molar-refractivity contribution < 1.29 is 0 Å². The third-order valence-electron chi connectivity index (χ3n) is 3.24. The molecule has 0 saturated carbocycles. The van der Waals surface area contributed by atoms with Gasteiger partial charge in [0.1, 0.15) is 0 Å². The number of hydrogen-bond donors (Lipinski definition) is 1. The lowest BCUT2D eigenvalue weighted by atomic mass is 9.71. The third-order valence-corrected chi connectivity index (χ3v) is 3.24. The van der Waals surface area contributed by atoms with Gasteiger partial charge in [-0.15, -0.1) is 0 Å². The van der Waals surface area contributed by atoms with E-state index in [1.54, 1.807) is 0 Å². The van der Waals surface area contributed by atoms with E-state index in [4.69, 9.17) is 5.73 Å². The zero-order valence-electron chi connectivity index (χ0n) is 11.5. The van der Waals surface area contributed by atoms with E-state index in [-0.39, 0.29) is 0 Å². The Bertz CT molecular complexity index is 159. The molecule has 0 rings (SSSR count). The highest BCUT2D eigenvalue weighted by molar-refractivity contribution is 4.79. The van der Waals surface area contributed by atoms with Gasteiger partial charge in [-0.05, 0) is 36.6 Å². The summed E-state index contributed by atoms with van der Waals surface area (Å²) in [7, 11) is 0. The van der Waals surface area contributed by atoms with Gasteiger partial charge in [-0.3, -0.25) is 0 Å². The van der Waals surface area contributed by atoms with Crippen LogP contribution in [0.3, 0.4) is 0 Å². The number of hydrogen-bond acceptors (Lipinski definition) is 1. The third kappa shape index (κ3) is 7.84. The molecule has 0 aliphatic heterocycles. The van der Waals surface area contributed by atoms with E-state index >= 15 is 0 Å². The summed E-state index contributed by atoms with van der Waals surface area (Å²) < 4.78 is 0. The van der Waals surface area contributed by atoms with Crippen molar-refractivity contribution in [3.63, 3.8) is 0 Å². The fourth-order valence-corrected chi connectivity index (χ4v) is 2.72. The lowest BCUT2D eigenvalue weighted by Crippen LogP contribution is -2.25. The molecule has 15 heavy (non-hydrogen) atoms. The first-order chi connectivity index (χ1) is 6.83. The first kappa shape index (κ1) is 15.0. The van der Waals surface area contributed by atoms with Crippen molar-refractivity contribution in [1.82, 2.24) is 0 Å². The van der Waals surface area contributed by atoms with Crippen LogP contribution in [0.25, 0.3) is 0 Å². The van der Waals surface area contributed by atoms with Gasteiger partial charge in [-0.25, -0.2) is 0 Å². The molecule has 1 heteroatoms. The van der Waals surface area contributed by atoms with Crippen LogP contribution in [0.2, 0.25) is 0 Å². The van der Waals surface area contributed by atoms with Crippen molar-refractivity contribution in [2.24, 2.45) is 16.6 Å². The van der Waals surface area contributed by atoms with Crippen LogP contribution in [-0.2, 0) is 0 Å². The lowest BCUT2D eigenvalue weighted by Gasteiger charge is -2.35. The standard InChI is InChI=1S/C14H31N/c1-6-7-8-9-13(2,3)12-14(4,5)10-11-15/h6-12,15H2,1-5H3. The Morgan fingerprint density at radius 1 is 0.867 bits per heavy atom. The van der Waals surface area contributed by atoms with Gasteiger partial charge in [0.2, 0.25) is 0 Å². The SMILES string of the molecule is CCCCCC(C)(C)CC(C)(C)CCN. The van der Waals surface area contributed by atoms with Gasteiger partial charge in [0.15, 0.2) is 0 Å². The van der Waals surface area contributed by atoms with Crippen LogP contribution in [0.15, 0.2) is 0 Å². The zero-order valence-corrected chi connectivity index (χ0v) is 11.5. The second-order valence-electron chi connectivity index (χ2n) is 6.50. The summed E-state index contributed by atoms with van der Waals surface area (Å²) in [5.41, 5.74) is 6.54. The highest BCUT2D eigenvalue weighted by atomic mass is 14.5. The van der Waals surface area contributed by atoms with Crippen LogP contribution in [-0.4, -0.2) is 6.54 Å². The maximum absolute atomic E-state index is 5.66. The number of rotatable bonds is 8. The molecule has 0 aliphatic carbocycles. The average Bonchev–Trinajstić information content (AvgIpc) is 2.01. The van der Waals surface area contributed by atoms with Crippen molar-refractivity contribution in [3.8, 4) is 0 Å². The predicted molar refractivity (Wildman–Crippen MR) is 70.0 cm³/mol. The molecule has 0 aromatic carbocycles. The van der Waals surface area contributed by atoms with E-state index in [2.05, 4.69) is 34.6 Å². The van der Waals surface area contributed by atoms with Crippen LogP contribution >= 0.6 is 0 Å². The molecular formula is C14H31N. The average molecular weight is 213 g/mol. The molecule has 0 aromatic rings. The molecule has 0 radical (unpaired) electrons. The Morgan fingerprint density at radius 3 is 1.87 bits per heavy atom. The summed E-state index contributed by atoms with van der Waals surface area (Å²) in [6.45, 7) is 12.6. The normalized spacial score (nSPS) is 13.2. The zero-order chi connectivity index (χ0) is 11.9. The molecule has 0 heterocycles. The molecule has 0 bridgehead atoms. The number of unbranched alkanes of at least 4 members (excludes halogenated alkanes) is 2. The molecule has 0 unspecified atom stereocenters. The first-order valence-corrected chi connectivity index (χ1v) is 6.53. The molecule has 0 aliphatic rings. The monoisotopic (exact) mass is 213 g/mol. The largest absolute Gasteiger partial charge is 0.330 e. The quantitative estimate of drug-likeness (QED) is 0.596. The minimum Gasteiger partial charge on any atom is -0.330 e. The van der Waals surface area contributed by atoms with Crippen LogP contribution in [0.4, 0.5) is 0 Å². The number of nitrogens with two attached hydrogens (primary N) is 1. The van der Waals surface area contributed by atoms with Gasteiger partial charge >= 0.3 is 0 Å². The van der Waals surface area contributed by atoms with Gasteiger partial charge in [-0.1, -0.05) is 53.9 Å². The molecule has 0 aromatic heterocycles. The fourth-order valence-electron chi connectivity index (χ4n) is 2.72. The van der Waals surface area contributed by atoms with E-state index in [1.165, 1.54) is 32.1 Å². The first-order valence-electron chi connectivity index (χ1n) is 6.53. The smallest absolute Gasteiger partial charge is 0.00722 e. The predicted octanol–water partition coefficient (Wildman–Crippen LogP) is 4.36. The van der Waals surface area contributed by atoms with E-state index in [0.29, 0.717) is 10.8 Å². The Morgan fingerprint density at radius 2 is 1.40 bits per heavy atom. The summed E-state index contributed by atoms with van der Waals surface area (Å²) in [6.07, 6.45) is 7.87. The summed E-state index contributed by atoms with van der Waals surface area (Å²) in [5.74, 6) is 0. The Labute approximate surface area is 96.8 Å². The summed E-state index contributed by atoms with van der Waals surface area (Å²) in [4.78, 5) is 0. The van der Waals surface area contributed by atoms with Gasteiger partial charge in [0.05, 0.1) is 0 Å². The lowest BCUT2D eigenvalue weighted by molar-refractivity contribution is 0.170. The Kier molecular flexibility index (Phi) is 6.51. The van der Waals surface area contributed by atoms with Gasteiger partial charge < -0.3 is 5.73 Å². The second kappa shape index (κ2) is 6.52. The maximum atomic E-state index is 5.66. The van der Waals surface area contributed by atoms with Crippen molar-refractivity contribution in [1.29, 1.82) is 0 Å². The van der Waals surface area contributed by atoms with E-state index in [0.717, 1.165) is 13.0 Å². The molecule has 1 nitrogen and oxygen atoms in total. The van der Waals surface area contributed by atoms with Gasteiger partial charge in [0, 0.05) is 0 Å². The molecule has 0 saturated heterocycles. The summed E-state index contributed by atoms with van der Waals surface area (Å²) in [6, 6.07) is 0. The minimum atomic E-state index is 0.407. The molecule has 0 fully saturated rings. The van der Waals surface area contributed by atoms with Crippen LogP contribution in [0, 0.1) is 10.8 Å². The van der Waals surface area contributed by atoms with E-state index in [1.807, 2.05) is 0 Å². The molecule has 0 spiro atoms. The van der Waals surface area contributed by atoms with Crippen LogP contribution in [0.5, 0.6) is 0 Å². The van der Waals surface area contributed by atoms with Crippen molar-refractivity contribution >= 4 is 0 Å². The maximum Gasteiger partial charge on any atom is -0.00722 e. The molecule has 92 valence electrons. The molecule has 2 N–H and O–H groups in total. The van der Waals surface area contributed by atoms with Gasteiger partial charge in [-0.2, -0.15) is 0 Å². The minimum absolute atomic E-state index is 0.407. The Hall–Kier alpha value is -0.0400.